The fraction of sp³-hybridized carbons (Fsp3) is 0.353. The minimum absolute atomic E-state index is 0.167. The molecule has 3 aromatic carbocycles. The lowest BCUT2D eigenvalue weighted by Gasteiger charge is -2.31. The Labute approximate surface area is 261 Å². The molecule has 0 bridgehead atoms. The van der Waals surface area contributed by atoms with Crippen molar-refractivity contribution in [1.29, 1.82) is 0 Å². The van der Waals surface area contributed by atoms with E-state index in [0.29, 0.717) is 5.56 Å². The summed E-state index contributed by atoms with van der Waals surface area (Å²) in [5.41, 5.74) is 8.29. The maximum absolute atomic E-state index is 14.1. The molecule has 1 aliphatic carbocycles. The minimum atomic E-state index is -0.962. The smallest absolute Gasteiger partial charge is 0.248 e. The summed E-state index contributed by atoms with van der Waals surface area (Å²) in [5, 5.41) is 8.58. The summed E-state index contributed by atoms with van der Waals surface area (Å²) in [6.07, 6.45) is 5.63. The lowest BCUT2D eigenvalue weighted by Crippen LogP contribution is -2.55. The molecule has 43 heavy (non-hydrogen) atoms. The second kappa shape index (κ2) is 15.5. The van der Waals surface area contributed by atoms with Crippen molar-refractivity contribution in [3.63, 3.8) is 0 Å². The zero-order valence-electron chi connectivity index (χ0n) is 24.4. The molecule has 0 aliphatic heterocycles. The van der Waals surface area contributed by atoms with Crippen molar-refractivity contribution in [3.8, 4) is 0 Å². The summed E-state index contributed by atoms with van der Waals surface area (Å²) in [6.45, 7) is 0. The molecular formula is C34H39BrN4O4. The number of hydrogen-bond acceptors (Lipinski definition) is 4. The SMILES string of the molecule is CNC(=O)[C@H](Cc1cccc(Br)c1)NC(=O)[C@H](Cc1ccc(C(N)=O)cc1)NC(=O)C(c1ccccc1)C1CCCCC1. The van der Waals surface area contributed by atoms with Crippen LogP contribution in [0.25, 0.3) is 0 Å². The summed E-state index contributed by atoms with van der Waals surface area (Å²) >= 11 is 3.46. The highest BCUT2D eigenvalue weighted by Gasteiger charge is 2.34. The van der Waals surface area contributed by atoms with Crippen LogP contribution in [-0.2, 0) is 27.2 Å². The molecule has 1 saturated carbocycles. The summed E-state index contributed by atoms with van der Waals surface area (Å²) in [5.74, 6) is -1.79. The molecular weight excluding hydrogens is 608 g/mol. The van der Waals surface area contributed by atoms with Crippen LogP contribution in [0.2, 0.25) is 0 Å². The van der Waals surface area contributed by atoms with Crippen molar-refractivity contribution >= 4 is 39.6 Å². The number of carbonyl (C=O) groups excluding carboxylic acids is 4. The zero-order chi connectivity index (χ0) is 30.8. The Kier molecular flexibility index (Phi) is 11.5. The normalized spacial score (nSPS) is 15.5. The van der Waals surface area contributed by atoms with Gasteiger partial charge in [-0.05, 0) is 59.7 Å². The van der Waals surface area contributed by atoms with E-state index in [-0.39, 0.29) is 30.6 Å². The number of amides is 4. The molecule has 1 fully saturated rings. The Morgan fingerprint density at radius 3 is 2.02 bits per heavy atom. The van der Waals surface area contributed by atoms with E-state index in [2.05, 4.69) is 31.9 Å². The molecule has 0 aromatic heterocycles. The molecule has 5 N–H and O–H groups in total. The number of likely N-dealkylation sites (N-methyl/N-ethyl adjacent to an activating group) is 1. The van der Waals surface area contributed by atoms with E-state index >= 15 is 0 Å². The van der Waals surface area contributed by atoms with E-state index in [0.717, 1.165) is 53.3 Å². The Morgan fingerprint density at radius 1 is 0.767 bits per heavy atom. The number of rotatable bonds is 12. The highest BCUT2D eigenvalue weighted by Crippen LogP contribution is 2.36. The molecule has 1 unspecified atom stereocenters. The lowest BCUT2D eigenvalue weighted by molar-refractivity contribution is -0.132. The van der Waals surface area contributed by atoms with E-state index in [4.69, 9.17) is 5.73 Å². The second-order valence-electron chi connectivity index (χ2n) is 11.1. The lowest BCUT2D eigenvalue weighted by atomic mass is 9.76. The number of halogens is 1. The van der Waals surface area contributed by atoms with E-state index in [1.165, 1.54) is 7.05 Å². The monoisotopic (exact) mass is 646 g/mol. The van der Waals surface area contributed by atoms with E-state index < -0.39 is 29.8 Å². The predicted molar refractivity (Wildman–Crippen MR) is 170 cm³/mol. The second-order valence-corrected chi connectivity index (χ2v) is 12.0. The van der Waals surface area contributed by atoms with Crippen molar-refractivity contribution in [2.24, 2.45) is 11.7 Å². The van der Waals surface area contributed by atoms with E-state index in [1.807, 2.05) is 54.6 Å². The van der Waals surface area contributed by atoms with Crippen LogP contribution in [0.3, 0.4) is 0 Å². The first-order valence-corrected chi connectivity index (χ1v) is 15.5. The molecule has 9 heteroatoms. The van der Waals surface area contributed by atoms with Gasteiger partial charge < -0.3 is 21.7 Å². The van der Waals surface area contributed by atoms with Crippen molar-refractivity contribution < 1.29 is 19.2 Å². The summed E-state index contributed by atoms with van der Waals surface area (Å²) in [4.78, 5) is 52.4. The first-order chi connectivity index (χ1) is 20.7. The van der Waals surface area contributed by atoms with Crippen LogP contribution in [0.4, 0.5) is 0 Å². The summed E-state index contributed by atoms with van der Waals surface area (Å²) in [7, 11) is 1.52. The van der Waals surface area contributed by atoms with Gasteiger partial charge in [-0.2, -0.15) is 0 Å². The molecule has 1 aliphatic rings. The third kappa shape index (κ3) is 9.00. The first-order valence-electron chi connectivity index (χ1n) is 14.8. The van der Waals surface area contributed by atoms with Crippen LogP contribution < -0.4 is 21.7 Å². The highest BCUT2D eigenvalue weighted by atomic mass is 79.9. The third-order valence-corrected chi connectivity index (χ3v) is 8.58. The zero-order valence-corrected chi connectivity index (χ0v) is 25.9. The Balaban J connectivity index is 1.61. The molecule has 0 saturated heterocycles. The first kappa shape index (κ1) is 31.9. The minimum Gasteiger partial charge on any atom is -0.366 e. The van der Waals surface area contributed by atoms with Crippen molar-refractivity contribution in [2.45, 2.75) is 62.9 Å². The maximum atomic E-state index is 14.1. The maximum Gasteiger partial charge on any atom is 0.248 e. The Hall–Kier alpha value is -3.98. The van der Waals surface area contributed by atoms with Gasteiger partial charge in [-0.1, -0.05) is 89.8 Å². The highest BCUT2D eigenvalue weighted by molar-refractivity contribution is 9.10. The molecule has 0 spiro atoms. The number of carbonyl (C=O) groups is 4. The number of hydrogen-bond donors (Lipinski definition) is 4. The van der Waals surface area contributed by atoms with Crippen LogP contribution >= 0.6 is 15.9 Å². The third-order valence-electron chi connectivity index (χ3n) is 8.08. The molecule has 4 amide bonds. The quantitative estimate of drug-likeness (QED) is 0.232. The average molecular weight is 648 g/mol. The predicted octanol–water partition coefficient (Wildman–Crippen LogP) is 4.41. The van der Waals surface area contributed by atoms with Gasteiger partial charge in [0, 0.05) is 29.9 Å². The van der Waals surface area contributed by atoms with Crippen molar-refractivity contribution in [1.82, 2.24) is 16.0 Å². The van der Waals surface area contributed by atoms with Gasteiger partial charge in [0.2, 0.25) is 23.6 Å². The Morgan fingerprint density at radius 2 is 1.40 bits per heavy atom. The molecule has 8 nitrogen and oxygen atoms in total. The average Bonchev–Trinajstić information content (AvgIpc) is 3.01. The van der Waals surface area contributed by atoms with Gasteiger partial charge in [0.15, 0.2) is 0 Å². The van der Waals surface area contributed by atoms with Crippen LogP contribution in [0.1, 0.15) is 65.1 Å². The molecule has 0 radical (unpaired) electrons. The largest absolute Gasteiger partial charge is 0.366 e. The topological polar surface area (TPSA) is 130 Å². The molecule has 4 rings (SSSR count). The van der Waals surface area contributed by atoms with Crippen LogP contribution in [-0.4, -0.2) is 42.8 Å². The summed E-state index contributed by atoms with van der Waals surface area (Å²) < 4.78 is 0.867. The van der Waals surface area contributed by atoms with Crippen molar-refractivity contribution in [2.75, 3.05) is 7.05 Å². The summed E-state index contributed by atoms with van der Waals surface area (Å²) in [6, 6.07) is 22.1. The fourth-order valence-electron chi connectivity index (χ4n) is 5.83. The van der Waals surface area contributed by atoms with Gasteiger partial charge in [0.25, 0.3) is 0 Å². The fourth-order valence-corrected chi connectivity index (χ4v) is 6.28. The van der Waals surface area contributed by atoms with Gasteiger partial charge >= 0.3 is 0 Å². The van der Waals surface area contributed by atoms with Crippen LogP contribution in [0.15, 0.2) is 83.3 Å². The number of nitrogens with two attached hydrogens (primary N) is 1. The molecule has 3 atom stereocenters. The van der Waals surface area contributed by atoms with Crippen molar-refractivity contribution in [3.05, 3.63) is 106 Å². The number of benzene rings is 3. The molecule has 0 heterocycles. The van der Waals surface area contributed by atoms with Crippen LogP contribution in [0.5, 0.6) is 0 Å². The molecule has 3 aromatic rings. The molecule has 226 valence electrons. The number of nitrogens with one attached hydrogen (secondary N) is 3. The standard InChI is InChI=1S/C34H39BrN4O4/c1-37-32(41)28(21-23-9-8-14-27(35)19-23)38-33(42)29(20-22-15-17-26(18-16-22)31(36)40)39-34(43)30(24-10-4-2-5-11-24)25-12-6-3-7-13-25/h2,4-5,8-11,14-19,25,28-30H,3,6-7,12-13,20-21H2,1H3,(H2,36,40)(H,37,41)(H,38,42)(H,39,43)/t28-,29-,30?/m0/s1. The van der Waals surface area contributed by atoms with Gasteiger partial charge in [-0.3, -0.25) is 19.2 Å². The number of primary amides is 1. The van der Waals surface area contributed by atoms with Gasteiger partial charge in [0.1, 0.15) is 12.1 Å². The van der Waals surface area contributed by atoms with E-state index in [9.17, 15) is 19.2 Å². The van der Waals surface area contributed by atoms with Gasteiger partial charge in [-0.15, -0.1) is 0 Å². The van der Waals surface area contributed by atoms with E-state index in [1.54, 1.807) is 24.3 Å². The van der Waals surface area contributed by atoms with Crippen LogP contribution in [0, 0.1) is 5.92 Å². The Bertz CT molecular complexity index is 1410. The van der Waals surface area contributed by atoms with Gasteiger partial charge in [-0.25, -0.2) is 0 Å². The van der Waals surface area contributed by atoms with Gasteiger partial charge in [0.05, 0.1) is 5.92 Å².